The van der Waals surface area contributed by atoms with Crippen molar-refractivity contribution in [1.29, 1.82) is 5.26 Å². The van der Waals surface area contributed by atoms with Crippen LogP contribution in [0.3, 0.4) is 0 Å². The minimum Gasteiger partial charge on any atom is -0.492 e. The fraction of sp³-hybridized carbons (Fsp3) is 0.217. The molecule has 0 saturated heterocycles. The standard InChI is InChI=1S/C23H21N5O2S2/c1-2-30-21-11-6-4-9-18(21)25-22-26-27-23(32-22)31-15-20(29)17-14-28(13-7-12-24)19-10-5-3-8-16(17)19/h3-6,8-11,14H,2,7,13,15H2,1H3,(H,25,26). The zero-order chi connectivity index (χ0) is 22.3. The molecule has 0 amide bonds. The van der Waals surface area contributed by atoms with Crippen LogP contribution in [-0.2, 0) is 6.54 Å². The third kappa shape index (κ3) is 4.93. The van der Waals surface area contributed by atoms with Crippen molar-refractivity contribution < 1.29 is 9.53 Å². The number of carbonyl (C=O) groups is 1. The summed E-state index contributed by atoms with van der Waals surface area (Å²) in [5.41, 5.74) is 2.45. The van der Waals surface area contributed by atoms with E-state index in [1.54, 1.807) is 0 Å². The molecule has 0 saturated carbocycles. The Morgan fingerprint density at radius 2 is 2.03 bits per heavy atom. The molecule has 0 fully saturated rings. The van der Waals surface area contributed by atoms with Crippen LogP contribution in [0.2, 0.25) is 0 Å². The van der Waals surface area contributed by atoms with Crippen LogP contribution in [0.1, 0.15) is 23.7 Å². The largest absolute Gasteiger partial charge is 0.492 e. The second-order valence-electron chi connectivity index (χ2n) is 6.80. The second kappa shape index (κ2) is 10.3. The maximum atomic E-state index is 13.0. The molecular weight excluding hydrogens is 442 g/mol. The van der Waals surface area contributed by atoms with Gasteiger partial charge in [0.1, 0.15) is 5.75 Å². The summed E-state index contributed by atoms with van der Waals surface area (Å²) in [7, 11) is 0. The van der Waals surface area contributed by atoms with E-state index < -0.39 is 0 Å². The number of aromatic nitrogens is 3. The first-order valence-corrected chi connectivity index (χ1v) is 11.9. The number of ketones is 1. The number of nitrogens with one attached hydrogen (secondary N) is 1. The highest BCUT2D eigenvalue weighted by Crippen LogP contribution is 2.32. The Labute approximate surface area is 194 Å². The Morgan fingerprint density at radius 3 is 2.88 bits per heavy atom. The predicted octanol–water partition coefficient (Wildman–Crippen LogP) is 5.52. The van der Waals surface area contributed by atoms with Crippen molar-refractivity contribution in [3.8, 4) is 11.8 Å². The van der Waals surface area contributed by atoms with Crippen molar-refractivity contribution >= 4 is 50.6 Å². The number of hydrogen-bond acceptors (Lipinski definition) is 8. The van der Waals surface area contributed by atoms with Gasteiger partial charge in [0.25, 0.3) is 0 Å². The highest BCUT2D eigenvalue weighted by molar-refractivity contribution is 8.01. The van der Waals surface area contributed by atoms with Gasteiger partial charge in [-0.15, -0.1) is 10.2 Å². The molecule has 0 atom stereocenters. The number of fused-ring (bicyclic) bond motifs is 1. The van der Waals surface area contributed by atoms with Gasteiger partial charge in [-0.3, -0.25) is 4.79 Å². The molecule has 0 radical (unpaired) electrons. The zero-order valence-electron chi connectivity index (χ0n) is 17.4. The number of nitriles is 1. The van der Waals surface area contributed by atoms with Gasteiger partial charge in [-0.05, 0) is 25.1 Å². The summed E-state index contributed by atoms with van der Waals surface area (Å²) in [5.74, 6) is 1.03. The number of anilines is 2. The maximum absolute atomic E-state index is 13.0. The highest BCUT2D eigenvalue weighted by Gasteiger charge is 2.16. The molecule has 4 rings (SSSR count). The summed E-state index contributed by atoms with van der Waals surface area (Å²) < 4.78 is 8.31. The van der Waals surface area contributed by atoms with Gasteiger partial charge >= 0.3 is 0 Å². The monoisotopic (exact) mass is 463 g/mol. The molecule has 0 spiro atoms. The zero-order valence-corrected chi connectivity index (χ0v) is 19.1. The Balaban J connectivity index is 1.44. The van der Waals surface area contributed by atoms with E-state index in [2.05, 4.69) is 21.6 Å². The Morgan fingerprint density at radius 1 is 1.22 bits per heavy atom. The summed E-state index contributed by atoms with van der Waals surface area (Å²) in [6.07, 6.45) is 2.25. The maximum Gasteiger partial charge on any atom is 0.210 e. The Kier molecular flexibility index (Phi) is 7.04. The van der Waals surface area contributed by atoms with Gasteiger partial charge < -0.3 is 14.6 Å². The molecule has 0 bridgehead atoms. The van der Waals surface area contributed by atoms with Crippen LogP contribution in [0.25, 0.3) is 10.9 Å². The molecule has 2 aromatic carbocycles. The average molecular weight is 464 g/mol. The van der Waals surface area contributed by atoms with E-state index in [4.69, 9.17) is 10.00 Å². The van der Waals surface area contributed by atoms with Crippen LogP contribution in [0.5, 0.6) is 5.75 Å². The number of para-hydroxylation sites is 3. The van der Waals surface area contributed by atoms with Crippen LogP contribution < -0.4 is 10.1 Å². The molecule has 162 valence electrons. The van der Waals surface area contributed by atoms with Crippen LogP contribution >= 0.6 is 23.1 Å². The fourth-order valence-corrected chi connectivity index (χ4v) is 4.96. The first kappa shape index (κ1) is 21.9. The normalized spacial score (nSPS) is 10.8. The average Bonchev–Trinajstić information content (AvgIpc) is 3.42. The first-order chi connectivity index (χ1) is 15.7. The van der Waals surface area contributed by atoms with Crippen molar-refractivity contribution in [3.05, 3.63) is 60.3 Å². The molecular formula is C23H21N5O2S2. The van der Waals surface area contributed by atoms with Crippen molar-refractivity contribution in [3.63, 3.8) is 0 Å². The second-order valence-corrected chi connectivity index (χ2v) is 9.00. The lowest BCUT2D eigenvalue weighted by molar-refractivity contribution is 0.102. The topological polar surface area (TPSA) is 92.8 Å². The molecule has 2 heterocycles. The molecule has 7 nitrogen and oxygen atoms in total. The number of ether oxygens (including phenoxy) is 1. The van der Waals surface area contributed by atoms with E-state index in [0.29, 0.717) is 34.6 Å². The quantitative estimate of drug-likeness (QED) is 0.244. The molecule has 0 unspecified atom stereocenters. The van der Waals surface area contributed by atoms with Gasteiger partial charge in [0.2, 0.25) is 5.13 Å². The number of nitrogens with zero attached hydrogens (tertiary/aromatic N) is 4. The molecule has 0 aliphatic heterocycles. The first-order valence-electron chi connectivity index (χ1n) is 10.1. The van der Waals surface area contributed by atoms with E-state index in [-0.39, 0.29) is 11.5 Å². The Bertz CT molecular complexity index is 1270. The van der Waals surface area contributed by atoms with Gasteiger partial charge in [0.15, 0.2) is 10.1 Å². The molecule has 4 aromatic rings. The minimum absolute atomic E-state index is 0.0216. The van der Waals surface area contributed by atoms with E-state index in [9.17, 15) is 4.79 Å². The molecule has 0 aliphatic rings. The van der Waals surface area contributed by atoms with Crippen LogP contribution in [0.4, 0.5) is 10.8 Å². The van der Waals surface area contributed by atoms with Gasteiger partial charge in [0, 0.05) is 29.2 Å². The molecule has 1 N–H and O–H groups in total. The summed E-state index contributed by atoms with van der Waals surface area (Å²) in [6, 6.07) is 17.6. The van der Waals surface area contributed by atoms with Gasteiger partial charge in [-0.25, -0.2) is 0 Å². The lowest BCUT2D eigenvalue weighted by Gasteiger charge is -2.09. The fourth-order valence-electron chi connectivity index (χ4n) is 3.31. The van der Waals surface area contributed by atoms with Gasteiger partial charge in [0.05, 0.1) is 30.5 Å². The van der Waals surface area contributed by atoms with Crippen molar-refractivity contribution in [2.45, 2.75) is 24.2 Å². The molecule has 32 heavy (non-hydrogen) atoms. The molecule has 9 heteroatoms. The summed E-state index contributed by atoms with van der Waals surface area (Å²) in [4.78, 5) is 13.0. The smallest absolute Gasteiger partial charge is 0.210 e. The van der Waals surface area contributed by atoms with Crippen molar-refractivity contribution in [2.75, 3.05) is 17.7 Å². The third-order valence-corrected chi connectivity index (χ3v) is 6.69. The summed E-state index contributed by atoms with van der Waals surface area (Å²) >= 11 is 2.76. The summed E-state index contributed by atoms with van der Waals surface area (Å²) in [6.45, 7) is 3.07. The number of aryl methyl sites for hydroxylation is 1. The minimum atomic E-state index is 0.0216. The number of benzene rings is 2. The van der Waals surface area contributed by atoms with Gasteiger partial charge in [-0.1, -0.05) is 53.4 Å². The Hall–Kier alpha value is -3.35. The number of thioether (sulfide) groups is 1. The lowest BCUT2D eigenvalue weighted by atomic mass is 10.1. The van der Waals surface area contributed by atoms with E-state index in [0.717, 1.165) is 22.3 Å². The van der Waals surface area contributed by atoms with Gasteiger partial charge in [-0.2, -0.15) is 5.26 Å². The lowest BCUT2D eigenvalue weighted by Crippen LogP contribution is -2.02. The van der Waals surface area contributed by atoms with E-state index in [1.165, 1.54) is 23.1 Å². The number of hydrogen-bond donors (Lipinski definition) is 1. The van der Waals surface area contributed by atoms with Crippen molar-refractivity contribution in [2.24, 2.45) is 0 Å². The number of carbonyl (C=O) groups excluding carboxylic acids is 1. The summed E-state index contributed by atoms with van der Waals surface area (Å²) in [5, 5.41) is 22.1. The van der Waals surface area contributed by atoms with Crippen molar-refractivity contribution in [1.82, 2.24) is 14.8 Å². The van der Waals surface area contributed by atoms with Crippen LogP contribution in [0.15, 0.2) is 59.1 Å². The van der Waals surface area contributed by atoms with Crippen LogP contribution in [-0.4, -0.2) is 32.9 Å². The van der Waals surface area contributed by atoms with Crippen LogP contribution in [0, 0.1) is 11.3 Å². The third-order valence-electron chi connectivity index (χ3n) is 4.72. The number of rotatable bonds is 10. The number of Topliss-reactive ketones (excluding diaryl/α,β-unsaturated/α-hetero) is 1. The SMILES string of the molecule is CCOc1ccccc1Nc1nnc(SCC(=O)c2cn(CCC#N)c3ccccc23)s1. The highest BCUT2D eigenvalue weighted by atomic mass is 32.2. The predicted molar refractivity (Wildman–Crippen MR) is 128 cm³/mol. The van der Waals surface area contributed by atoms with E-state index in [1.807, 2.05) is 66.2 Å². The van der Waals surface area contributed by atoms with E-state index >= 15 is 0 Å². The molecule has 2 aromatic heterocycles. The molecule has 0 aliphatic carbocycles.